The topological polar surface area (TPSA) is 59.9 Å². The molecule has 0 amide bonds. The molecule has 1 fully saturated rings. The van der Waals surface area contributed by atoms with E-state index in [4.69, 9.17) is 0 Å². The maximum Gasteiger partial charge on any atom is 0.191 e. The molecule has 1 aromatic carbocycles. The van der Waals surface area contributed by atoms with Crippen molar-refractivity contribution in [3.05, 3.63) is 35.2 Å². The molecule has 0 radical (unpaired) electrons. The Kier molecular flexibility index (Phi) is 7.29. The minimum absolute atomic E-state index is 0.367. The normalized spacial score (nSPS) is 17.4. The number of nitrogens with zero attached hydrogens (tertiary/aromatic N) is 2. The SMILES string of the molecule is CCNC(=NCC(O)c1cc2ccccc2s1)NCCN1CCCCC1. The highest BCUT2D eigenvalue weighted by Crippen LogP contribution is 2.29. The maximum absolute atomic E-state index is 10.5. The molecule has 0 aliphatic carbocycles. The molecular formula is C20H30N4OS. The largest absolute Gasteiger partial charge is 0.386 e. The Morgan fingerprint density at radius 2 is 2.04 bits per heavy atom. The van der Waals surface area contributed by atoms with Gasteiger partial charge in [0.05, 0.1) is 6.54 Å². The van der Waals surface area contributed by atoms with Gasteiger partial charge in [-0.2, -0.15) is 0 Å². The average molecular weight is 375 g/mol. The molecule has 0 bridgehead atoms. The molecule has 3 N–H and O–H groups in total. The third-order valence-corrected chi connectivity index (χ3v) is 5.93. The molecule has 3 rings (SSSR count). The molecule has 1 aliphatic heterocycles. The fourth-order valence-corrected chi connectivity index (χ4v) is 4.33. The molecule has 0 spiro atoms. The summed E-state index contributed by atoms with van der Waals surface area (Å²) >= 11 is 1.64. The second-order valence-corrected chi connectivity index (χ2v) is 7.87. The number of fused-ring (bicyclic) bond motifs is 1. The van der Waals surface area contributed by atoms with Crippen LogP contribution in [0.4, 0.5) is 0 Å². The van der Waals surface area contributed by atoms with Crippen molar-refractivity contribution in [2.75, 3.05) is 39.3 Å². The summed E-state index contributed by atoms with van der Waals surface area (Å²) in [6.07, 6.45) is 3.43. The third kappa shape index (κ3) is 5.43. The highest BCUT2D eigenvalue weighted by molar-refractivity contribution is 7.19. The van der Waals surface area contributed by atoms with E-state index in [1.807, 2.05) is 12.1 Å². The number of aliphatic imine (C=N–C) groups is 1. The van der Waals surface area contributed by atoms with E-state index in [9.17, 15) is 5.11 Å². The second-order valence-electron chi connectivity index (χ2n) is 6.75. The smallest absolute Gasteiger partial charge is 0.191 e. The van der Waals surface area contributed by atoms with Gasteiger partial charge in [0.25, 0.3) is 0 Å². The first-order chi connectivity index (χ1) is 12.8. The Labute approximate surface area is 160 Å². The predicted molar refractivity (Wildman–Crippen MR) is 111 cm³/mol. The molecule has 1 aliphatic rings. The van der Waals surface area contributed by atoms with Crippen LogP contribution >= 0.6 is 11.3 Å². The lowest BCUT2D eigenvalue weighted by Gasteiger charge is -2.26. The summed E-state index contributed by atoms with van der Waals surface area (Å²) in [7, 11) is 0. The zero-order chi connectivity index (χ0) is 18.2. The number of thiophene rings is 1. The number of nitrogens with one attached hydrogen (secondary N) is 2. The van der Waals surface area contributed by atoms with Gasteiger partial charge in [-0.05, 0) is 50.4 Å². The lowest BCUT2D eigenvalue weighted by molar-refractivity contribution is 0.191. The molecule has 6 heteroatoms. The van der Waals surface area contributed by atoms with Crippen molar-refractivity contribution >= 4 is 27.4 Å². The number of hydrogen-bond donors (Lipinski definition) is 3. The van der Waals surface area contributed by atoms with E-state index in [0.29, 0.717) is 6.54 Å². The Hall–Kier alpha value is -1.63. The number of hydrogen-bond acceptors (Lipinski definition) is 4. The number of rotatable bonds is 7. The maximum atomic E-state index is 10.5. The van der Waals surface area contributed by atoms with Crippen molar-refractivity contribution in [2.45, 2.75) is 32.3 Å². The Balaban J connectivity index is 1.52. The van der Waals surface area contributed by atoms with Crippen molar-refractivity contribution in [1.29, 1.82) is 0 Å². The van der Waals surface area contributed by atoms with E-state index in [2.05, 4.69) is 45.6 Å². The highest BCUT2D eigenvalue weighted by Gasteiger charge is 2.12. The molecule has 26 heavy (non-hydrogen) atoms. The summed E-state index contributed by atoms with van der Waals surface area (Å²) in [4.78, 5) is 8.05. The second kappa shape index (κ2) is 9.90. The van der Waals surface area contributed by atoms with Gasteiger partial charge in [0, 0.05) is 29.2 Å². The molecule has 0 saturated carbocycles. The molecule has 1 unspecified atom stereocenters. The lowest BCUT2D eigenvalue weighted by atomic mass is 10.1. The van der Waals surface area contributed by atoms with Gasteiger partial charge in [0.2, 0.25) is 0 Å². The molecule has 1 saturated heterocycles. The first-order valence-corrected chi connectivity index (χ1v) is 10.5. The first kappa shape index (κ1) is 19.1. The van der Waals surface area contributed by atoms with Crippen LogP contribution in [0.3, 0.4) is 0 Å². The van der Waals surface area contributed by atoms with E-state index in [-0.39, 0.29) is 0 Å². The van der Waals surface area contributed by atoms with Crippen LogP contribution < -0.4 is 10.6 Å². The van der Waals surface area contributed by atoms with Crippen molar-refractivity contribution in [3.63, 3.8) is 0 Å². The number of benzene rings is 1. The van der Waals surface area contributed by atoms with E-state index < -0.39 is 6.10 Å². The zero-order valence-corrected chi connectivity index (χ0v) is 16.4. The number of likely N-dealkylation sites (tertiary alicyclic amines) is 1. The Bertz CT molecular complexity index is 676. The van der Waals surface area contributed by atoms with Crippen LogP contribution in [0.25, 0.3) is 10.1 Å². The molecule has 1 atom stereocenters. The fourth-order valence-electron chi connectivity index (χ4n) is 3.29. The van der Waals surface area contributed by atoms with Gasteiger partial charge in [-0.15, -0.1) is 11.3 Å². The molecule has 5 nitrogen and oxygen atoms in total. The quantitative estimate of drug-likeness (QED) is 0.515. The van der Waals surface area contributed by atoms with Crippen LogP contribution in [0.5, 0.6) is 0 Å². The van der Waals surface area contributed by atoms with Gasteiger partial charge in [0.15, 0.2) is 5.96 Å². The zero-order valence-electron chi connectivity index (χ0n) is 15.6. The minimum atomic E-state index is -0.565. The van der Waals surface area contributed by atoms with Crippen LogP contribution in [-0.2, 0) is 0 Å². The van der Waals surface area contributed by atoms with E-state index in [1.165, 1.54) is 42.4 Å². The summed E-state index contributed by atoms with van der Waals surface area (Å²) in [5.41, 5.74) is 0. The van der Waals surface area contributed by atoms with E-state index >= 15 is 0 Å². The first-order valence-electron chi connectivity index (χ1n) is 9.67. The molecular weight excluding hydrogens is 344 g/mol. The predicted octanol–water partition coefficient (Wildman–Crippen LogP) is 2.98. The Morgan fingerprint density at radius 3 is 2.81 bits per heavy atom. The summed E-state index contributed by atoms with van der Waals surface area (Å²) in [6, 6.07) is 10.3. The van der Waals surface area contributed by atoms with Crippen molar-refractivity contribution < 1.29 is 5.11 Å². The summed E-state index contributed by atoms with van der Waals surface area (Å²) in [6.45, 7) is 7.58. The molecule has 1 aromatic heterocycles. The van der Waals surface area contributed by atoms with Gasteiger partial charge < -0.3 is 20.6 Å². The van der Waals surface area contributed by atoms with Crippen molar-refractivity contribution in [2.24, 2.45) is 4.99 Å². The van der Waals surface area contributed by atoms with Gasteiger partial charge in [-0.3, -0.25) is 4.99 Å². The standard InChI is InChI=1S/C20H30N4OS/c1-2-21-20(22-10-13-24-11-6-3-7-12-24)23-15-17(25)19-14-16-8-4-5-9-18(16)26-19/h4-5,8-9,14,17,25H,2-3,6-7,10-13,15H2,1H3,(H2,21,22,23). The van der Waals surface area contributed by atoms with Crippen LogP contribution in [0, 0.1) is 0 Å². The van der Waals surface area contributed by atoms with Crippen molar-refractivity contribution in [1.82, 2.24) is 15.5 Å². The summed E-state index contributed by atoms with van der Waals surface area (Å²) < 4.78 is 1.21. The van der Waals surface area contributed by atoms with Crippen LogP contribution in [0.2, 0.25) is 0 Å². The molecule has 142 valence electrons. The molecule has 2 aromatic rings. The Morgan fingerprint density at radius 1 is 1.23 bits per heavy atom. The van der Waals surface area contributed by atoms with Crippen LogP contribution in [-0.4, -0.2) is 55.2 Å². The third-order valence-electron chi connectivity index (χ3n) is 4.71. The number of aliphatic hydroxyl groups is 1. The monoisotopic (exact) mass is 374 g/mol. The highest BCUT2D eigenvalue weighted by atomic mass is 32.1. The molecule has 2 heterocycles. The lowest BCUT2D eigenvalue weighted by Crippen LogP contribution is -2.42. The van der Waals surface area contributed by atoms with Gasteiger partial charge in [-0.25, -0.2) is 0 Å². The average Bonchev–Trinajstić information content (AvgIpc) is 3.11. The fraction of sp³-hybridized carbons (Fsp3) is 0.550. The van der Waals surface area contributed by atoms with E-state index in [0.717, 1.165) is 30.5 Å². The number of aliphatic hydroxyl groups excluding tert-OH is 1. The van der Waals surface area contributed by atoms with Crippen LogP contribution in [0.1, 0.15) is 37.2 Å². The van der Waals surface area contributed by atoms with Gasteiger partial charge in [0.1, 0.15) is 6.10 Å². The van der Waals surface area contributed by atoms with Crippen molar-refractivity contribution in [3.8, 4) is 0 Å². The number of guanidine groups is 1. The van der Waals surface area contributed by atoms with Crippen LogP contribution in [0.15, 0.2) is 35.3 Å². The minimum Gasteiger partial charge on any atom is -0.386 e. The van der Waals surface area contributed by atoms with Gasteiger partial charge in [-0.1, -0.05) is 24.6 Å². The number of piperidine rings is 1. The summed E-state index contributed by atoms with van der Waals surface area (Å²) in [5.74, 6) is 0.782. The summed E-state index contributed by atoms with van der Waals surface area (Å²) in [5, 5.41) is 18.3. The van der Waals surface area contributed by atoms with E-state index in [1.54, 1.807) is 11.3 Å². The van der Waals surface area contributed by atoms with Gasteiger partial charge >= 0.3 is 0 Å².